The quantitative estimate of drug-likeness (QED) is 0.408. The summed E-state index contributed by atoms with van der Waals surface area (Å²) in [7, 11) is 0. The second-order valence-corrected chi connectivity index (χ2v) is 12.1. The van der Waals surface area contributed by atoms with Crippen LogP contribution < -0.4 is 0 Å². The van der Waals surface area contributed by atoms with E-state index >= 15 is 0 Å². The number of amidine groups is 1. The SMILES string of the molecule is CCCC1CN(CC(=O)c2cc(C(C)(C)C)c(O)c(C(C)(C)C)c2)/C(=N\Br)C1(O)c1ccccc1. The smallest absolute Gasteiger partial charge is 0.182 e. The fraction of sp³-hybridized carbons (Fsp3) is 0.517. The van der Waals surface area contributed by atoms with E-state index in [0.717, 1.165) is 29.5 Å². The Morgan fingerprint density at radius 3 is 2.09 bits per heavy atom. The van der Waals surface area contributed by atoms with Crippen molar-refractivity contribution >= 4 is 27.8 Å². The zero-order valence-electron chi connectivity index (χ0n) is 22.0. The third-order valence-corrected chi connectivity index (χ3v) is 7.32. The second-order valence-electron chi connectivity index (χ2n) is 11.7. The summed E-state index contributed by atoms with van der Waals surface area (Å²) in [5, 5.41) is 23.0. The summed E-state index contributed by atoms with van der Waals surface area (Å²) in [5.41, 5.74) is 0.938. The Balaban J connectivity index is 2.02. The summed E-state index contributed by atoms with van der Waals surface area (Å²) in [6, 6.07) is 13.2. The van der Waals surface area contributed by atoms with Gasteiger partial charge in [0.05, 0.1) is 22.7 Å². The van der Waals surface area contributed by atoms with Crippen LogP contribution in [0.1, 0.15) is 88.4 Å². The van der Waals surface area contributed by atoms with Crippen molar-refractivity contribution in [1.82, 2.24) is 4.90 Å². The molecule has 0 amide bonds. The highest BCUT2D eigenvalue weighted by molar-refractivity contribution is 9.08. The number of hydrogen-bond donors (Lipinski definition) is 2. The Bertz CT molecular complexity index is 1060. The van der Waals surface area contributed by atoms with Gasteiger partial charge < -0.3 is 15.1 Å². The number of aliphatic hydroxyl groups is 1. The molecule has 3 rings (SSSR count). The molecule has 2 atom stereocenters. The van der Waals surface area contributed by atoms with Crippen molar-refractivity contribution in [2.24, 2.45) is 9.94 Å². The molecular formula is C29H39BrN2O3. The van der Waals surface area contributed by atoms with Crippen LogP contribution in [0.5, 0.6) is 5.75 Å². The van der Waals surface area contributed by atoms with Gasteiger partial charge in [-0.15, -0.1) is 0 Å². The van der Waals surface area contributed by atoms with Crippen molar-refractivity contribution in [1.29, 1.82) is 0 Å². The van der Waals surface area contributed by atoms with Gasteiger partial charge in [-0.05, 0) is 34.9 Å². The molecule has 0 aliphatic carbocycles. The van der Waals surface area contributed by atoms with Gasteiger partial charge in [0.1, 0.15) is 5.75 Å². The zero-order chi connectivity index (χ0) is 26.2. The maximum atomic E-state index is 13.7. The van der Waals surface area contributed by atoms with Crippen LogP contribution in [0.15, 0.2) is 46.5 Å². The third kappa shape index (κ3) is 5.34. The van der Waals surface area contributed by atoms with Crippen LogP contribution in [0.4, 0.5) is 0 Å². The number of nitrogens with zero attached hydrogens (tertiary/aromatic N) is 2. The van der Waals surface area contributed by atoms with Crippen molar-refractivity contribution < 1.29 is 15.0 Å². The molecule has 1 aliphatic heterocycles. The highest BCUT2D eigenvalue weighted by Gasteiger charge is 2.51. The van der Waals surface area contributed by atoms with Crippen molar-refractivity contribution in [2.45, 2.75) is 77.7 Å². The third-order valence-electron chi connectivity index (χ3n) is 6.99. The normalized spacial score (nSPS) is 22.1. The Kier molecular flexibility index (Phi) is 7.88. The molecule has 0 spiro atoms. The molecule has 0 bridgehead atoms. The summed E-state index contributed by atoms with van der Waals surface area (Å²) in [5.74, 6) is 0.560. The van der Waals surface area contributed by atoms with Crippen molar-refractivity contribution in [2.75, 3.05) is 13.1 Å². The number of rotatable bonds is 6. The largest absolute Gasteiger partial charge is 0.507 e. The monoisotopic (exact) mass is 542 g/mol. The van der Waals surface area contributed by atoms with E-state index in [-0.39, 0.29) is 34.8 Å². The summed E-state index contributed by atoms with van der Waals surface area (Å²) < 4.78 is 4.32. The number of benzene rings is 2. The van der Waals surface area contributed by atoms with E-state index < -0.39 is 5.60 Å². The molecule has 6 heteroatoms. The van der Waals surface area contributed by atoms with Crippen LogP contribution in [0, 0.1) is 5.92 Å². The molecule has 1 fully saturated rings. The maximum absolute atomic E-state index is 13.7. The summed E-state index contributed by atoms with van der Waals surface area (Å²) in [6.07, 6.45) is 1.72. The Morgan fingerprint density at radius 2 is 1.63 bits per heavy atom. The predicted molar refractivity (Wildman–Crippen MR) is 147 cm³/mol. The van der Waals surface area contributed by atoms with Gasteiger partial charge in [0.15, 0.2) is 17.2 Å². The molecule has 0 radical (unpaired) electrons. The van der Waals surface area contributed by atoms with Crippen molar-refractivity contribution in [3.8, 4) is 5.75 Å². The molecule has 190 valence electrons. The summed E-state index contributed by atoms with van der Waals surface area (Å²) >= 11 is 3.24. The van der Waals surface area contributed by atoms with Gasteiger partial charge >= 0.3 is 0 Å². The number of carbonyl (C=O) groups excluding carboxylic acids is 1. The first kappa shape index (κ1) is 27.4. The average Bonchev–Trinajstić information content (AvgIpc) is 3.04. The van der Waals surface area contributed by atoms with Crippen LogP contribution in [0.25, 0.3) is 0 Å². The minimum Gasteiger partial charge on any atom is -0.507 e. The molecule has 1 aliphatic rings. The standard InChI is InChI=1S/C29H39BrN2O3/c1-8-12-21-17-32(26(31-30)29(21,35)20-13-10-9-11-14-20)18-24(33)19-15-22(27(2,3)4)25(34)23(16-19)28(5,6)7/h9-11,13-16,21,34-35H,8,12,17-18H2,1-7H3/b31-26-. The van der Waals surface area contributed by atoms with Crippen molar-refractivity contribution in [3.63, 3.8) is 0 Å². The topological polar surface area (TPSA) is 73.1 Å². The fourth-order valence-corrected chi connectivity index (χ4v) is 5.57. The molecular weight excluding hydrogens is 504 g/mol. The molecule has 0 saturated carbocycles. The van der Waals surface area contributed by atoms with Gasteiger partial charge in [-0.25, -0.2) is 0 Å². The average molecular weight is 544 g/mol. The van der Waals surface area contributed by atoms with Crippen LogP contribution in [-0.2, 0) is 16.4 Å². The van der Waals surface area contributed by atoms with Gasteiger partial charge in [-0.3, -0.25) is 4.79 Å². The number of hydrogen-bond acceptors (Lipinski definition) is 4. The van der Waals surface area contributed by atoms with Crippen LogP contribution >= 0.6 is 16.1 Å². The van der Waals surface area contributed by atoms with Gasteiger partial charge in [0.2, 0.25) is 0 Å². The first-order valence-corrected chi connectivity index (χ1v) is 13.1. The van der Waals surface area contributed by atoms with Crippen LogP contribution in [0.2, 0.25) is 0 Å². The fourth-order valence-electron chi connectivity index (χ4n) is 5.07. The van der Waals surface area contributed by atoms with Crippen LogP contribution in [0.3, 0.4) is 0 Å². The van der Waals surface area contributed by atoms with E-state index in [0.29, 0.717) is 17.9 Å². The highest BCUT2D eigenvalue weighted by atomic mass is 79.9. The molecule has 1 saturated heterocycles. The number of phenols is 1. The molecule has 5 nitrogen and oxygen atoms in total. The van der Waals surface area contributed by atoms with Gasteiger partial charge in [0, 0.05) is 29.2 Å². The number of Topliss-reactive ketones (excluding diaryl/α,β-unsaturated/α-hetero) is 1. The number of carbonyl (C=O) groups is 1. The van der Waals surface area contributed by atoms with Gasteiger partial charge in [-0.2, -0.15) is 4.02 Å². The summed E-state index contributed by atoms with van der Waals surface area (Å²) in [6.45, 7) is 14.9. The first-order valence-electron chi connectivity index (χ1n) is 12.4. The molecule has 1 heterocycles. The highest BCUT2D eigenvalue weighted by Crippen LogP contribution is 2.43. The van der Waals surface area contributed by atoms with Crippen molar-refractivity contribution in [3.05, 3.63) is 64.7 Å². The Morgan fingerprint density at radius 1 is 1.09 bits per heavy atom. The lowest BCUT2D eigenvalue weighted by Crippen LogP contribution is -2.41. The minimum absolute atomic E-state index is 0.0674. The first-order chi connectivity index (χ1) is 16.2. The molecule has 2 unspecified atom stereocenters. The number of phenolic OH excluding ortho intramolecular Hbond substituents is 1. The second kappa shape index (κ2) is 10.1. The lowest BCUT2D eigenvalue weighted by molar-refractivity contribution is 0.0579. The van der Waals surface area contributed by atoms with E-state index in [4.69, 9.17) is 0 Å². The number of halogens is 1. The van der Waals surface area contributed by atoms with E-state index in [1.807, 2.05) is 88.9 Å². The Hall–Kier alpha value is -2.18. The molecule has 2 aromatic carbocycles. The zero-order valence-corrected chi connectivity index (χ0v) is 23.6. The van der Waals surface area contributed by atoms with E-state index in [1.54, 1.807) is 0 Å². The van der Waals surface area contributed by atoms with Gasteiger partial charge in [-0.1, -0.05) is 85.2 Å². The van der Waals surface area contributed by atoms with Crippen LogP contribution in [-0.4, -0.2) is 39.8 Å². The van der Waals surface area contributed by atoms with E-state index in [1.165, 1.54) is 0 Å². The summed E-state index contributed by atoms with van der Waals surface area (Å²) in [4.78, 5) is 15.6. The molecule has 2 N–H and O–H groups in total. The van der Waals surface area contributed by atoms with E-state index in [9.17, 15) is 15.0 Å². The molecule has 2 aromatic rings. The lowest BCUT2D eigenvalue weighted by Gasteiger charge is -2.30. The number of ketones is 1. The minimum atomic E-state index is -1.27. The number of aromatic hydroxyl groups is 1. The predicted octanol–water partition coefficient (Wildman–Crippen LogP) is 6.50. The Labute approximate surface area is 218 Å². The number of likely N-dealkylation sites (tertiary alicyclic amines) is 1. The maximum Gasteiger partial charge on any atom is 0.182 e. The van der Waals surface area contributed by atoms with E-state index in [2.05, 4.69) is 27.1 Å². The molecule has 35 heavy (non-hydrogen) atoms. The lowest BCUT2D eigenvalue weighted by atomic mass is 9.78. The molecule has 0 aromatic heterocycles. The van der Waals surface area contributed by atoms with Gasteiger partial charge in [0.25, 0.3) is 0 Å².